The maximum absolute atomic E-state index is 12.1. The highest BCUT2D eigenvalue weighted by Gasteiger charge is 2.14. The molecule has 0 aliphatic rings. The van der Waals surface area contributed by atoms with E-state index in [1.807, 2.05) is 53.1 Å². The largest absolute Gasteiger partial charge is 0.618 e. The summed E-state index contributed by atoms with van der Waals surface area (Å²) in [6.45, 7) is 0.346. The number of hydrogen-bond donors (Lipinski definition) is 1. The highest BCUT2D eigenvalue weighted by molar-refractivity contribution is 5.90. The number of rotatable bonds is 4. The second-order valence-electron chi connectivity index (χ2n) is 5.86. The number of carbonyl (C=O) groups excluding carboxylic acids is 1. The van der Waals surface area contributed by atoms with Gasteiger partial charge in [-0.3, -0.25) is 9.36 Å². The van der Waals surface area contributed by atoms with E-state index >= 15 is 0 Å². The number of para-hydroxylation sites is 2. The van der Waals surface area contributed by atoms with E-state index in [2.05, 4.69) is 10.3 Å². The number of hydrogen-bond acceptors (Lipinski definition) is 3. The van der Waals surface area contributed by atoms with E-state index in [1.165, 1.54) is 12.3 Å². The van der Waals surface area contributed by atoms with Gasteiger partial charge in [-0.05, 0) is 35.9 Å². The first-order valence-corrected chi connectivity index (χ1v) is 8.20. The summed E-state index contributed by atoms with van der Waals surface area (Å²) in [5.74, 6) is -0.398. The van der Waals surface area contributed by atoms with Crippen LogP contribution in [-0.2, 0) is 6.54 Å². The molecule has 0 atom stereocenters. The number of nitrogens with zero attached hydrogens (tertiary/aromatic N) is 3. The summed E-state index contributed by atoms with van der Waals surface area (Å²) in [4.78, 5) is 16.5. The lowest BCUT2D eigenvalue weighted by Crippen LogP contribution is -2.38. The first-order valence-electron chi connectivity index (χ1n) is 8.20. The van der Waals surface area contributed by atoms with Gasteiger partial charge in [0, 0.05) is 24.4 Å². The van der Waals surface area contributed by atoms with Gasteiger partial charge in [-0.2, -0.15) is 4.73 Å². The van der Waals surface area contributed by atoms with Gasteiger partial charge >= 0.3 is 5.91 Å². The molecule has 128 valence electrons. The third-order valence-corrected chi connectivity index (χ3v) is 4.18. The molecule has 0 bridgehead atoms. The first-order chi connectivity index (χ1) is 12.7. The van der Waals surface area contributed by atoms with Crippen LogP contribution in [0.25, 0.3) is 16.7 Å². The monoisotopic (exact) mass is 344 g/mol. The smallest absolute Gasteiger partial charge is 0.317 e. The molecule has 1 N–H and O–H groups in total. The van der Waals surface area contributed by atoms with Crippen molar-refractivity contribution in [2.45, 2.75) is 6.54 Å². The van der Waals surface area contributed by atoms with Crippen molar-refractivity contribution < 1.29 is 9.52 Å². The molecule has 2 aromatic carbocycles. The lowest BCUT2D eigenvalue weighted by Gasteiger charge is -2.08. The van der Waals surface area contributed by atoms with E-state index in [-0.39, 0.29) is 5.69 Å². The molecule has 2 heterocycles. The zero-order chi connectivity index (χ0) is 17.9. The molecule has 1 amide bonds. The molecule has 0 spiro atoms. The van der Waals surface area contributed by atoms with Crippen LogP contribution in [0, 0.1) is 5.21 Å². The summed E-state index contributed by atoms with van der Waals surface area (Å²) in [5, 5.41) is 14.4. The molecule has 26 heavy (non-hydrogen) atoms. The Hall–Kier alpha value is -3.67. The van der Waals surface area contributed by atoms with Crippen molar-refractivity contribution in [3.05, 3.63) is 95.7 Å². The average molecular weight is 344 g/mol. The van der Waals surface area contributed by atoms with Crippen LogP contribution in [0.5, 0.6) is 0 Å². The van der Waals surface area contributed by atoms with Crippen molar-refractivity contribution in [2.75, 3.05) is 0 Å². The zero-order valence-electron chi connectivity index (χ0n) is 13.9. The fourth-order valence-electron chi connectivity index (χ4n) is 2.82. The molecule has 0 radical (unpaired) electrons. The number of aromatic nitrogens is 3. The van der Waals surface area contributed by atoms with E-state index in [9.17, 15) is 10.0 Å². The van der Waals surface area contributed by atoms with Gasteiger partial charge in [-0.25, -0.2) is 4.98 Å². The normalized spacial score (nSPS) is 10.8. The van der Waals surface area contributed by atoms with Crippen LogP contribution in [0.3, 0.4) is 0 Å². The van der Waals surface area contributed by atoms with E-state index in [0.717, 1.165) is 22.3 Å². The van der Waals surface area contributed by atoms with Crippen molar-refractivity contribution in [1.82, 2.24) is 14.9 Å². The molecule has 0 fully saturated rings. The standard InChI is InChI=1S/C20H16N4O2/c25-20(19-7-3-4-12-24(19)26)21-13-15-8-10-16(11-9-15)23-14-22-17-5-1-2-6-18(17)23/h1-12,14H,13H2,(H,21,25). The van der Waals surface area contributed by atoms with Crippen molar-refractivity contribution >= 4 is 16.9 Å². The zero-order valence-corrected chi connectivity index (χ0v) is 13.9. The van der Waals surface area contributed by atoms with E-state index in [0.29, 0.717) is 11.3 Å². The minimum Gasteiger partial charge on any atom is -0.618 e. The lowest BCUT2D eigenvalue weighted by atomic mass is 10.2. The quantitative estimate of drug-likeness (QED) is 0.457. The highest BCUT2D eigenvalue weighted by Crippen LogP contribution is 2.18. The van der Waals surface area contributed by atoms with Crippen LogP contribution in [0.15, 0.2) is 79.3 Å². The molecule has 0 saturated heterocycles. The lowest BCUT2D eigenvalue weighted by molar-refractivity contribution is -0.607. The topological polar surface area (TPSA) is 73.9 Å². The molecule has 6 heteroatoms. The van der Waals surface area contributed by atoms with Crippen molar-refractivity contribution in [3.63, 3.8) is 0 Å². The summed E-state index contributed by atoms with van der Waals surface area (Å²) in [7, 11) is 0. The highest BCUT2D eigenvalue weighted by atomic mass is 16.5. The molecule has 0 saturated carbocycles. The van der Waals surface area contributed by atoms with Gasteiger partial charge in [0.15, 0.2) is 6.20 Å². The van der Waals surface area contributed by atoms with Crippen molar-refractivity contribution in [2.24, 2.45) is 0 Å². The molecular formula is C20H16N4O2. The second kappa shape index (κ2) is 6.68. The summed E-state index contributed by atoms with van der Waals surface area (Å²) in [6, 6.07) is 20.5. The number of fused-ring (bicyclic) bond motifs is 1. The van der Waals surface area contributed by atoms with Gasteiger partial charge in [0.1, 0.15) is 6.33 Å². The van der Waals surface area contributed by atoms with E-state index in [4.69, 9.17) is 0 Å². The Morgan fingerprint density at radius 2 is 1.81 bits per heavy atom. The number of amides is 1. The Morgan fingerprint density at radius 3 is 2.62 bits per heavy atom. The van der Waals surface area contributed by atoms with Crippen molar-refractivity contribution in [1.29, 1.82) is 0 Å². The third-order valence-electron chi connectivity index (χ3n) is 4.18. The SMILES string of the molecule is O=C(NCc1ccc(-n2cnc3ccccc32)cc1)c1cccc[n+]1[O-]. The van der Waals surface area contributed by atoms with Gasteiger partial charge in [0.25, 0.3) is 5.69 Å². The second-order valence-corrected chi connectivity index (χ2v) is 5.86. The Labute approximate surface area is 149 Å². The number of imidazole rings is 1. The van der Waals surface area contributed by atoms with Gasteiger partial charge in [0.2, 0.25) is 0 Å². The maximum Gasteiger partial charge on any atom is 0.317 e. The maximum atomic E-state index is 12.1. The molecule has 0 aliphatic carbocycles. The third kappa shape index (κ3) is 3.00. The van der Waals surface area contributed by atoms with Crippen molar-refractivity contribution in [3.8, 4) is 5.69 Å². The molecular weight excluding hydrogens is 328 g/mol. The number of nitrogens with one attached hydrogen (secondary N) is 1. The van der Waals surface area contributed by atoms with Crippen LogP contribution in [0.4, 0.5) is 0 Å². The van der Waals surface area contributed by atoms with E-state index < -0.39 is 5.91 Å². The molecule has 0 unspecified atom stereocenters. The Balaban J connectivity index is 1.48. The minimum absolute atomic E-state index is 0.0778. The summed E-state index contributed by atoms with van der Waals surface area (Å²) < 4.78 is 2.57. The van der Waals surface area contributed by atoms with Crippen LogP contribution in [0.2, 0.25) is 0 Å². The molecule has 6 nitrogen and oxygen atoms in total. The summed E-state index contributed by atoms with van der Waals surface area (Å²) in [5.41, 5.74) is 4.00. The Morgan fingerprint density at radius 1 is 1.04 bits per heavy atom. The average Bonchev–Trinajstić information content (AvgIpc) is 3.11. The summed E-state index contributed by atoms with van der Waals surface area (Å²) >= 11 is 0. The molecule has 4 aromatic rings. The fraction of sp³-hybridized carbons (Fsp3) is 0.0500. The number of pyridine rings is 1. The summed E-state index contributed by atoms with van der Waals surface area (Å²) in [6.07, 6.45) is 3.10. The minimum atomic E-state index is -0.398. The Kier molecular flexibility index (Phi) is 4.07. The predicted molar refractivity (Wildman–Crippen MR) is 97.6 cm³/mol. The predicted octanol–water partition coefficient (Wildman–Crippen LogP) is 2.59. The van der Waals surface area contributed by atoms with Crippen LogP contribution < -0.4 is 10.0 Å². The number of carbonyl (C=O) groups is 1. The molecule has 2 aromatic heterocycles. The van der Waals surface area contributed by atoms with Gasteiger partial charge in [0.05, 0.1) is 11.0 Å². The molecule has 4 rings (SSSR count). The van der Waals surface area contributed by atoms with Gasteiger partial charge in [-0.1, -0.05) is 24.3 Å². The number of benzene rings is 2. The fourth-order valence-corrected chi connectivity index (χ4v) is 2.82. The molecule has 0 aliphatic heterocycles. The first kappa shape index (κ1) is 15.8. The Bertz CT molecular complexity index is 1070. The van der Waals surface area contributed by atoms with E-state index in [1.54, 1.807) is 18.5 Å². The van der Waals surface area contributed by atoms with Crippen LogP contribution in [0.1, 0.15) is 16.1 Å². The van der Waals surface area contributed by atoms with Gasteiger partial charge in [-0.15, -0.1) is 0 Å². The van der Waals surface area contributed by atoms with Crippen LogP contribution in [-0.4, -0.2) is 15.5 Å². The van der Waals surface area contributed by atoms with Crippen LogP contribution >= 0.6 is 0 Å². The van der Waals surface area contributed by atoms with Gasteiger partial charge < -0.3 is 10.5 Å².